The van der Waals surface area contributed by atoms with Crippen molar-refractivity contribution < 1.29 is 4.74 Å². The zero-order chi connectivity index (χ0) is 11.7. The third-order valence-electron chi connectivity index (χ3n) is 3.19. The first kappa shape index (κ1) is 10.9. The molecule has 1 fully saturated rings. The normalized spacial score (nSPS) is 17.5. The molecule has 1 saturated heterocycles. The maximum absolute atomic E-state index is 5.30. The lowest BCUT2D eigenvalue weighted by Gasteiger charge is -2.22. The second-order valence-electron chi connectivity index (χ2n) is 4.16. The lowest BCUT2D eigenvalue weighted by molar-refractivity contribution is 0.405. The van der Waals surface area contributed by atoms with E-state index >= 15 is 0 Å². The van der Waals surface area contributed by atoms with Crippen LogP contribution in [0.3, 0.4) is 0 Å². The van der Waals surface area contributed by atoms with Crippen molar-refractivity contribution in [1.82, 2.24) is 19.7 Å². The number of rotatable bonds is 2. The molecule has 0 amide bonds. The van der Waals surface area contributed by atoms with Crippen molar-refractivity contribution in [3.63, 3.8) is 0 Å². The van der Waals surface area contributed by atoms with Gasteiger partial charge in [-0.3, -0.25) is 0 Å². The Balaban J connectivity index is 2.10. The molecule has 0 saturated carbocycles. The van der Waals surface area contributed by atoms with Crippen LogP contribution in [-0.2, 0) is 0 Å². The van der Waals surface area contributed by atoms with E-state index in [1.165, 1.54) is 11.5 Å². The molecular formula is C11H14N4OS. The van der Waals surface area contributed by atoms with Gasteiger partial charge < -0.3 is 10.1 Å². The van der Waals surface area contributed by atoms with Gasteiger partial charge in [-0.05, 0) is 37.5 Å². The second-order valence-corrected chi connectivity index (χ2v) is 4.91. The Bertz CT molecular complexity index is 521. The van der Waals surface area contributed by atoms with Crippen LogP contribution < -0.4 is 10.1 Å². The van der Waals surface area contributed by atoms with Crippen LogP contribution in [0.5, 0.6) is 5.88 Å². The molecule has 3 rings (SSSR count). The topological polar surface area (TPSA) is 59.9 Å². The van der Waals surface area contributed by atoms with Gasteiger partial charge in [0.25, 0.3) is 0 Å². The maximum Gasteiger partial charge on any atom is 0.236 e. The van der Waals surface area contributed by atoms with Gasteiger partial charge in [0.1, 0.15) is 6.33 Å². The summed E-state index contributed by atoms with van der Waals surface area (Å²) in [5, 5.41) is 4.37. The molecule has 0 atom stereocenters. The summed E-state index contributed by atoms with van der Waals surface area (Å²) in [6, 6.07) is 0. The molecule has 1 N–H and O–H groups in total. The summed E-state index contributed by atoms with van der Waals surface area (Å²) >= 11 is 1.37. The first-order chi connectivity index (χ1) is 8.40. The predicted molar refractivity (Wildman–Crippen MR) is 66.6 cm³/mol. The smallest absolute Gasteiger partial charge is 0.236 e. The van der Waals surface area contributed by atoms with Gasteiger partial charge in [0.05, 0.1) is 18.2 Å². The Morgan fingerprint density at radius 3 is 2.94 bits per heavy atom. The Kier molecular flexibility index (Phi) is 2.90. The van der Waals surface area contributed by atoms with E-state index in [1.807, 2.05) is 0 Å². The number of methoxy groups -OCH3 is 1. The van der Waals surface area contributed by atoms with Crippen LogP contribution in [0.4, 0.5) is 0 Å². The number of piperidine rings is 1. The third kappa shape index (κ3) is 1.87. The first-order valence-electron chi connectivity index (χ1n) is 5.75. The highest BCUT2D eigenvalue weighted by molar-refractivity contribution is 7.13. The van der Waals surface area contributed by atoms with Crippen molar-refractivity contribution in [3.8, 4) is 5.88 Å². The highest BCUT2D eigenvalue weighted by Gasteiger charge is 2.22. The molecule has 6 heteroatoms. The molecule has 0 spiro atoms. The Labute approximate surface area is 103 Å². The van der Waals surface area contributed by atoms with Crippen molar-refractivity contribution in [3.05, 3.63) is 12.0 Å². The quantitative estimate of drug-likeness (QED) is 0.876. The Hall–Kier alpha value is -1.27. The van der Waals surface area contributed by atoms with E-state index in [-0.39, 0.29) is 0 Å². The summed E-state index contributed by atoms with van der Waals surface area (Å²) < 4.78 is 9.57. The van der Waals surface area contributed by atoms with Gasteiger partial charge in [0.2, 0.25) is 5.88 Å². The third-order valence-corrected chi connectivity index (χ3v) is 3.93. The molecule has 0 unspecified atom stereocenters. The lowest BCUT2D eigenvalue weighted by atomic mass is 9.93. The fraction of sp³-hybridized carbons (Fsp3) is 0.545. The van der Waals surface area contributed by atoms with E-state index in [0.717, 1.165) is 41.8 Å². The molecule has 0 aromatic carbocycles. The van der Waals surface area contributed by atoms with Crippen LogP contribution in [0.1, 0.15) is 24.5 Å². The van der Waals surface area contributed by atoms with E-state index in [2.05, 4.69) is 19.7 Å². The highest BCUT2D eigenvalue weighted by atomic mass is 32.1. The van der Waals surface area contributed by atoms with Gasteiger partial charge in [-0.25, -0.2) is 9.97 Å². The van der Waals surface area contributed by atoms with E-state index in [4.69, 9.17) is 4.74 Å². The summed E-state index contributed by atoms with van der Waals surface area (Å²) in [4.78, 5) is 9.64. The molecule has 2 aromatic heterocycles. The summed E-state index contributed by atoms with van der Waals surface area (Å²) in [6.45, 7) is 2.10. The van der Waals surface area contributed by atoms with Gasteiger partial charge in [-0.15, -0.1) is 0 Å². The van der Waals surface area contributed by atoms with Crippen LogP contribution >= 0.6 is 11.5 Å². The zero-order valence-electron chi connectivity index (χ0n) is 9.64. The first-order valence-corrected chi connectivity index (χ1v) is 6.52. The number of aromatic nitrogens is 3. The molecule has 90 valence electrons. The molecule has 2 aromatic rings. The van der Waals surface area contributed by atoms with Crippen LogP contribution in [-0.4, -0.2) is 34.5 Å². The van der Waals surface area contributed by atoms with Crippen LogP contribution in [0.2, 0.25) is 0 Å². The standard InChI is InChI=1S/C11H14N4OS/c1-16-10-8-9(7-2-4-12-5-3-7)13-6-14-11(8)17-15-10/h6-7,12H,2-5H2,1H3. The SMILES string of the molecule is COc1nsc2ncnc(C3CCNCC3)c12. The van der Waals surface area contributed by atoms with Gasteiger partial charge in [0.15, 0.2) is 4.83 Å². The fourth-order valence-electron chi connectivity index (χ4n) is 2.33. The molecule has 1 aliphatic rings. The van der Waals surface area contributed by atoms with Crippen molar-refractivity contribution in [2.24, 2.45) is 0 Å². The summed E-state index contributed by atoms with van der Waals surface area (Å²) in [5.41, 5.74) is 1.10. The summed E-state index contributed by atoms with van der Waals surface area (Å²) in [6.07, 6.45) is 3.87. The number of ether oxygens (including phenoxy) is 1. The van der Waals surface area contributed by atoms with Crippen LogP contribution in [0.15, 0.2) is 6.33 Å². The minimum Gasteiger partial charge on any atom is -0.480 e. The molecule has 0 bridgehead atoms. The molecule has 17 heavy (non-hydrogen) atoms. The number of nitrogens with one attached hydrogen (secondary N) is 1. The van der Waals surface area contributed by atoms with Crippen LogP contribution in [0, 0.1) is 0 Å². The van der Waals surface area contributed by atoms with E-state index < -0.39 is 0 Å². The predicted octanol–water partition coefficient (Wildman–Crippen LogP) is 1.56. The minimum atomic E-state index is 0.493. The Morgan fingerprint density at radius 1 is 1.35 bits per heavy atom. The van der Waals surface area contributed by atoms with Crippen molar-refractivity contribution in [2.75, 3.05) is 20.2 Å². The summed E-state index contributed by atoms with van der Waals surface area (Å²) in [5.74, 6) is 1.16. The number of hydrogen-bond donors (Lipinski definition) is 1. The van der Waals surface area contributed by atoms with Crippen molar-refractivity contribution in [2.45, 2.75) is 18.8 Å². The molecular weight excluding hydrogens is 236 g/mol. The van der Waals surface area contributed by atoms with E-state index in [1.54, 1.807) is 13.4 Å². The summed E-state index contributed by atoms with van der Waals surface area (Å²) in [7, 11) is 1.65. The second kappa shape index (κ2) is 4.54. The highest BCUT2D eigenvalue weighted by Crippen LogP contribution is 2.35. The minimum absolute atomic E-state index is 0.493. The van der Waals surface area contributed by atoms with Crippen molar-refractivity contribution in [1.29, 1.82) is 0 Å². The molecule has 3 heterocycles. The van der Waals surface area contributed by atoms with Gasteiger partial charge in [-0.2, -0.15) is 4.37 Å². The number of nitrogens with zero attached hydrogens (tertiary/aromatic N) is 3. The molecule has 5 nitrogen and oxygen atoms in total. The monoisotopic (exact) mass is 250 g/mol. The lowest BCUT2D eigenvalue weighted by Crippen LogP contribution is -2.27. The maximum atomic E-state index is 5.30. The van der Waals surface area contributed by atoms with Crippen LogP contribution in [0.25, 0.3) is 10.2 Å². The van der Waals surface area contributed by atoms with E-state index in [9.17, 15) is 0 Å². The largest absolute Gasteiger partial charge is 0.480 e. The fourth-order valence-corrected chi connectivity index (χ4v) is 3.04. The average Bonchev–Trinajstić information content (AvgIpc) is 2.82. The number of hydrogen-bond acceptors (Lipinski definition) is 6. The van der Waals surface area contributed by atoms with E-state index in [0.29, 0.717) is 11.8 Å². The molecule has 0 aliphatic carbocycles. The number of fused-ring (bicyclic) bond motifs is 1. The zero-order valence-corrected chi connectivity index (χ0v) is 10.5. The average molecular weight is 250 g/mol. The van der Waals surface area contributed by atoms with Gasteiger partial charge in [0, 0.05) is 5.92 Å². The van der Waals surface area contributed by atoms with Gasteiger partial charge >= 0.3 is 0 Å². The Morgan fingerprint density at radius 2 is 2.18 bits per heavy atom. The molecule has 0 radical (unpaired) electrons. The van der Waals surface area contributed by atoms with Crippen molar-refractivity contribution >= 4 is 21.7 Å². The van der Waals surface area contributed by atoms with Gasteiger partial charge in [-0.1, -0.05) is 0 Å². The molecule has 1 aliphatic heterocycles.